The van der Waals surface area contributed by atoms with Crippen LogP contribution in [-0.4, -0.2) is 50.1 Å². The Bertz CT molecular complexity index is 637. The van der Waals surface area contributed by atoms with Crippen molar-refractivity contribution in [2.45, 2.75) is 58.0 Å². The number of benzene rings is 1. The molecule has 0 radical (unpaired) electrons. The largest absolute Gasteiger partial charge is 0.493 e. The third-order valence-electron chi connectivity index (χ3n) is 4.76. The number of hydrogen-bond donors (Lipinski definition) is 2. The van der Waals surface area contributed by atoms with E-state index in [1.165, 1.54) is 19.3 Å². The fourth-order valence-electron chi connectivity index (χ4n) is 3.08. The lowest BCUT2D eigenvalue weighted by molar-refractivity contribution is -0.127. The first-order chi connectivity index (χ1) is 13.0. The van der Waals surface area contributed by atoms with Crippen LogP contribution in [0.5, 0.6) is 5.75 Å². The van der Waals surface area contributed by atoms with Crippen molar-refractivity contribution >= 4 is 35.8 Å². The number of nitrogens with zero attached hydrogens (tertiary/aromatic N) is 2. The van der Waals surface area contributed by atoms with E-state index < -0.39 is 0 Å². The monoisotopic (exact) mass is 502 g/mol. The zero-order valence-electron chi connectivity index (χ0n) is 17.5. The zero-order valence-corrected chi connectivity index (χ0v) is 19.9. The average Bonchev–Trinajstić information content (AvgIpc) is 2.66. The first-order valence-corrected chi connectivity index (χ1v) is 10.0. The van der Waals surface area contributed by atoms with E-state index >= 15 is 0 Å². The summed E-state index contributed by atoms with van der Waals surface area (Å²) in [7, 11) is 3.50. The van der Waals surface area contributed by atoms with E-state index in [2.05, 4.69) is 35.5 Å². The van der Waals surface area contributed by atoms with Gasteiger partial charge in [-0.1, -0.05) is 44.4 Å². The number of halogens is 1. The molecule has 2 unspecified atom stereocenters. The highest BCUT2D eigenvalue weighted by molar-refractivity contribution is 14.0. The van der Waals surface area contributed by atoms with Crippen molar-refractivity contribution in [2.24, 2.45) is 4.99 Å². The van der Waals surface area contributed by atoms with Crippen LogP contribution in [0.25, 0.3) is 0 Å². The lowest BCUT2D eigenvalue weighted by Gasteiger charge is -2.29. The summed E-state index contributed by atoms with van der Waals surface area (Å²) in [6.07, 6.45) is 5.58. The molecule has 0 aromatic heterocycles. The molecule has 28 heavy (non-hydrogen) atoms. The predicted octanol–water partition coefficient (Wildman–Crippen LogP) is 3.72. The van der Waals surface area contributed by atoms with Gasteiger partial charge in [0.15, 0.2) is 5.96 Å². The number of hydrogen-bond acceptors (Lipinski definition) is 3. The molecule has 6 nitrogen and oxygen atoms in total. The second-order valence-electron chi connectivity index (χ2n) is 7.37. The van der Waals surface area contributed by atoms with Crippen LogP contribution in [0.4, 0.5) is 0 Å². The molecule has 2 rings (SSSR count). The number of carbonyl (C=O) groups excluding carboxylic acids is 1. The predicted molar refractivity (Wildman–Crippen MR) is 126 cm³/mol. The minimum absolute atomic E-state index is 0. The quantitative estimate of drug-likeness (QED) is 0.246. The molecule has 1 aromatic carbocycles. The number of likely N-dealkylation sites (N-methyl/N-ethyl adjacent to an activating group) is 1. The molecular formula is C21H35IN4O2. The topological polar surface area (TPSA) is 66.0 Å². The molecule has 1 aromatic rings. The summed E-state index contributed by atoms with van der Waals surface area (Å²) in [6, 6.07) is 8.51. The maximum atomic E-state index is 12.0. The van der Waals surface area contributed by atoms with Crippen LogP contribution in [0, 0.1) is 0 Å². The molecular weight excluding hydrogens is 467 g/mol. The van der Waals surface area contributed by atoms with Gasteiger partial charge < -0.3 is 20.3 Å². The van der Waals surface area contributed by atoms with Gasteiger partial charge in [-0.15, -0.1) is 24.0 Å². The van der Waals surface area contributed by atoms with Gasteiger partial charge in [-0.3, -0.25) is 4.79 Å². The number of amides is 1. The number of carbonyl (C=O) groups is 1. The average molecular weight is 502 g/mol. The summed E-state index contributed by atoms with van der Waals surface area (Å²) in [5.41, 5.74) is 1.14. The standard InChI is InChI=1S/C21H34N4O2.HI/c1-5-6-7-10-16(2)23-21(22-15-20(26)25(3)4)24-18-13-14-27-19-12-9-8-11-17(18)19;/h8-9,11-12,16,18H,5-7,10,13-15H2,1-4H3,(H2,22,23,24);1H. The van der Waals surface area contributed by atoms with Crippen LogP contribution in [0.3, 0.4) is 0 Å². The van der Waals surface area contributed by atoms with E-state index in [4.69, 9.17) is 4.74 Å². The van der Waals surface area contributed by atoms with Crippen LogP contribution in [0.15, 0.2) is 29.3 Å². The number of nitrogens with one attached hydrogen (secondary N) is 2. The van der Waals surface area contributed by atoms with Gasteiger partial charge in [-0.05, 0) is 19.4 Å². The van der Waals surface area contributed by atoms with Gasteiger partial charge >= 0.3 is 0 Å². The van der Waals surface area contributed by atoms with Crippen molar-refractivity contribution < 1.29 is 9.53 Å². The summed E-state index contributed by atoms with van der Waals surface area (Å²) in [4.78, 5) is 18.1. The summed E-state index contributed by atoms with van der Waals surface area (Å²) < 4.78 is 5.75. The van der Waals surface area contributed by atoms with Gasteiger partial charge in [0.25, 0.3) is 0 Å². The number of rotatable bonds is 8. The van der Waals surface area contributed by atoms with Gasteiger partial charge in [-0.25, -0.2) is 4.99 Å². The van der Waals surface area contributed by atoms with E-state index in [9.17, 15) is 4.79 Å². The molecule has 0 aliphatic carbocycles. The highest BCUT2D eigenvalue weighted by Crippen LogP contribution is 2.31. The summed E-state index contributed by atoms with van der Waals surface area (Å²) in [5.74, 6) is 1.60. The lowest BCUT2D eigenvalue weighted by atomic mass is 10.0. The van der Waals surface area contributed by atoms with E-state index in [1.54, 1.807) is 19.0 Å². The van der Waals surface area contributed by atoms with Crippen molar-refractivity contribution in [1.29, 1.82) is 0 Å². The van der Waals surface area contributed by atoms with Crippen molar-refractivity contribution in [1.82, 2.24) is 15.5 Å². The normalized spacial score (nSPS) is 16.9. The first kappa shape index (κ1) is 24.5. The summed E-state index contributed by atoms with van der Waals surface area (Å²) in [6.45, 7) is 5.18. The van der Waals surface area contributed by atoms with Crippen molar-refractivity contribution in [2.75, 3.05) is 27.2 Å². The van der Waals surface area contributed by atoms with Crippen LogP contribution in [-0.2, 0) is 4.79 Å². The Morgan fingerprint density at radius 3 is 2.79 bits per heavy atom. The first-order valence-electron chi connectivity index (χ1n) is 10.0. The van der Waals surface area contributed by atoms with Gasteiger partial charge in [0.1, 0.15) is 12.3 Å². The molecule has 1 amide bonds. The van der Waals surface area contributed by atoms with Gasteiger partial charge in [0.2, 0.25) is 5.91 Å². The third-order valence-corrected chi connectivity index (χ3v) is 4.76. The molecule has 158 valence electrons. The Balaban J connectivity index is 0.00000392. The Labute approximate surface area is 186 Å². The molecule has 0 spiro atoms. The highest BCUT2D eigenvalue weighted by atomic mass is 127. The van der Waals surface area contributed by atoms with E-state index in [-0.39, 0.29) is 42.5 Å². The molecule has 1 aliphatic heterocycles. The molecule has 2 N–H and O–H groups in total. The highest BCUT2D eigenvalue weighted by Gasteiger charge is 2.22. The van der Waals surface area contributed by atoms with E-state index in [0.29, 0.717) is 18.6 Å². The van der Waals surface area contributed by atoms with Gasteiger partial charge in [0.05, 0.1) is 12.6 Å². The minimum atomic E-state index is -0.0119. The van der Waals surface area contributed by atoms with Crippen LogP contribution >= 0.6 is 24.0 Å². The molecule has 1 heterocycles. The number of aliphatic imine (C=N–C) groups is 1. The van der Waals surface area contributed by atoms with Crippen molar-refractivity contribution in [3.8, 4) is 5.75 Å². The fourth-order valence-corrected chi connectivity index (χ4v) is 3.08. The van der Waals surface area contributed by atoms with E-state index in [1.807, 2.05) is 18.2 Å². The zero-order chi connectivity index (χ0) is 19.6. The maximum absolute atomic E-state index is 12.0. The number of unbranched alkanes of at least 4 members (excludes halogenated alkanes) is 2. The Morgan fingerprint density at radius 1 is 1.32 bits per heavy atom. The van der Waals surface area contributed by atoms with Crippen LogP contribution < -0.4 is 15.4 Å². The van der Waals surface area contributed by atoms with Crippen LogP contribution in [0.2, 0.25) is 0 Å². The lowest BCUT2D eigenvalue weighted by Crippen LogP contribution is -2.45. The minimum Gasteiger partial charge on any atom is -0.493 e. The molecule has 0 fully saturated rings. The molecule has 0 saturated heterocycles. The van der Waals surface area contributed by atoms with E-state index in [0.717, 1.165) is 24.2 Å². The van der Waals surface area contributed by atoms with Crippen molar-refractivity contribution in [3.63, 3.8) is 0 Å². The summed E-state index contributed by atoms with van der Waals surface area (Å²) in [5, 5.41) is 6.99. The van der Waals surface area contributed by atoms with Crippen LogP contribution in [0.1, 0.15) is 57.6 Å². The fraction of sp³-hybridized carbons (Fsp3) is 0.619. The molecule has 7 heteroatoms. The number of guanidine groups is 1. The van der Waals surface area contributed by atoms with Gasteiger partial charge in [0, 0.05) is 32.1 Å². The number of ether oxygens (including phenoxy) is 1. The number of fused-ring (bicyclic) bond motifs is 1. The Morgan fingerprint density at radius 2 is 2.07 bits per heavy atom. The third kappa shape index (κ3) is 7.85. The van der Waals surface area contributed by atoms with Gasteiger partial charge in [-0.2, -0.15) is 0 Å². The SMILES string of the molecule is CCCCCC(C)NC(=NCC(=O)N(C)C)NC1CCOc2ccccc21.I. The smallest absolute Gasteiger partial charge is 0.243 e. The molecule has 0 bridgehead atoms. The second kappa shape index (κ2) is 12.9. The Hall–Kier alpha value is -1.51. The maximum Gasteiger partial charge on any atom is 0.243 e. The molecule has 0 saturated carbocycles. The summed E-state index contributed by atoms with van der Waals surface area (Å²) >= 11 is 0. The Kier molecular flexibility index (Phi) is 11.3. The molecule has 1 aliphatic rings. The number of para-hydroxylation sites is 1. The van der Waals surface area contributed by atoms with Crippen molar-refractivity contribution in [3.05, 3.63) is 29.8 Å². The molecule has 2 atom stereocenters. The second-order valence-corrected chi connectivity index (χ2v) is 7.37.